The molecule has 0 fully saturated rings. The first-order valence-electron chi connectivity index (χ1n) is 7.20. The Kier molecular flexibility index (Phi) is 5.72. The van der Waals surface area contributed by atoms with Crippen LogP contribution in [0.15, 0.2) is 34.9 Å². The molecule has 0 saturated heterocycles. The van der Waals surface area contributed by atoms with E-state index in [0.717, 1.165) is 5.69 Å². The maximum atomic E-state index is 12.3. The summed E-state index contributed by atoms with van der Waals surface area (Å²) in [5, 5.41) is 6.05. The van der Waals surface area contributed by atoms with Crippen LogP contribution in [0.25, 0.3) is 0 Å². The average Bonchev–Trinajstić information content (AvgIpc) is 2.97. The summed E-state index contributed by atoms with van der Waals surface area (Å²) in [5.41, 5.74) is 0.740. The van der Waals surface area contributed by atoms with Crippen molar-refractivity contribution >= 4 is 11.6 Å². The number of nitrogens with one attached hydrogen (secondary N) is 1. The van der Waals surface area contributed by atoms with Gasteiger partial charge in [-0.15, -0.1) is 0 Å². The van der Waals surface area contributed by atoms with Gasteiger partial charge in [0.15, 0.2) is 5.82 Å². The molecule has 0 spiro atoms. The fourth-order valence-corrected chi connectivity index (χ4v) is 1.96. The van der Waals surface area contributed by atoms with E-state index in [-0.39, 0.29) is 11.7 Å². The topological polar surface area (TPSA) is 68.0 Å². The lowest BCUT2D eigenvalue weighted by Gasteiger charge is -2.04. The van der Waals surface area contributed by atoms with Gasteiger partial charge >= 0.3 is 12.1 Å². The predicted molar refractivity (Wildman–Crippen MR) is 76.5 cm³/mol. The number of para-hydroxylation sites is 1. The van der Waals surface area contributed by atoms with Crippen molar-refractivity contribution in [2.75, 3.05) is 5.32 Å². The van der Waals surface area contributed by atoms with Crippen LogP contribution in [0.4, 0.5) is 18.9 Å². The number of carbonyl (C=O) groups is 1. The lowest BCUT2D eigenvalue weighted by atomic mass is 10.1. The zero-order chi connectivity index (χ0) is 16.7. The van der Waals surface area contributed by atoms with Crippen molar-refractivity contribution in [3.8, 4) is 0 Å². The van der Waals surface area contributed by atoms with Crippen LogP contribution in [0, 0.1) is 0 Å². The summed E-state index contributed by atoms with van der Waals surface area (Å²) < 4.78 is 41.0. The minimum absolute atomic E-state index is 0.0334. The quantitative estimate of drug-likeness (QED) is 0.785. The molecule has 2 aromatic rings. The Morgan fingerprint density at radius 3 is 2.52 bits per heavy atom. The van der Waals surface area contributed by atoms with E-state index in [9.17, 15) is 18.0 Å². The Balaban J connectivity index is 1.62. The van der Waals surface area contributed by atoms with Gasteiger partial charge < -0.3 is 9.84 Å². The molecule has 1 N–H and O–H groups in total. The van der Waals surface area contributed by atoms with Crippen LogP contribution in [0.5, 0.6) is 0 Å². The van der Waals surface area contributed by atoms with E-state index < -0.39 is 12.1 Å². The van der Waals surface area contributed by atoms with E-state index in [2.05, 4.69) is 20.0 Å². The standard InChI is InChI=1S/C15H16F3N3O2/c16-15(17,18)14-20-12(21-23-14)9-5-2-6-10-13(22)19-11-7-3-1-4-8-11/h1,3-4,7-8H,2,5-6,9-10H2,(H,19,22). The smallest absolute Gasteiger partial charge is 0.329 e. The molecule has 1 heterocycles. The second kappa shape index (κ2) is 7.75. The third kappa shape index (κ3) is 5.72. The Bertz CT molecular complexity index is 626. The van der Waals surface area contributed by atoms with Crippen molar-refractivity contribution in [3.05, 3.63) is 42.0 Å². The monoisotopic (exact) mass is 327 g/mol. The summed E-state index contributed by atoms with van der Waals surface area (Å²) >= 11 is 0. The molecule has 0 bridgehead atoms. The van der Waals surface area contributed by atoms with Gasteiger partial charge in [0.05, 0.1) is 0 Å². The third-order valence-corrected chi connectivity index (χ3v) is 3.07. The lowest BCUT2D eigenvalue weighted by Crippen LogP contribution is -2.10. The molecule has 0 aliphatic carbocycles. The van der Waals surface area contributed by atoms with E-state index in [0.29, 0.717) is 32.1 Å². The van der Waals surface area contributed by atoms with Gasteiger partial charge in [0.1, 0.15) is 0 Å². The van der Waals surface area contributed by atoms with Crippen LogP contribution in [0.3, 0.4) is 0 Å². The van der Waals surface area contributed by atoms with Gasteiger partial charge in [-0.1, -0.05) is 29.8 Å². The molecule has 1 amide bonds. The lowest BCUT2D eigenvalue weighted by molar-refractivity contribution is -0.159. The van der Waals surface area contributed by atoms with Gasteiger partial charge in [-0.25, -0.2) is 0 Å². The number of benzene rings is 1. The van der Waals surface area contributed by atoms with Gasteiger partial charge in [-0.3, -0.25) is 4.79 Å². The molecule has 0 saturated carbocycles. The number of halogens is 3. The van der Waals surface area contributed by atoms with Crippen LogP contribution >= 0.6 is 0 Å². The van der Waals surface area contributed by atoms with Crippen molar-refractivity contribution in [2.45, 2.75) is 38.3 Å². The summed E-state index contributed by atoms with van der Waals surface area (Å²) in [6.07, 6.45) is -2.04. The highest BCUT2D eigenvalue weighted by Gasteiger charge is 2.38. The first kappa shape index (κ1) is 17.0. The number of alkyl halides is 3. The number of nitrogens with zero attached hydrogens (tertiary/aromatic N) is 2. The molecule has 2 rings (SSSR count). The van der Waals surface area contributed by atoms with E-state index in [1.165, 1.54) is 0 Å². The maximum absolute atomic E-state index is 12.3. The Hall–Kier alpha value is -2.38. The molecule has 23 heavy (non-hydrogen) atoms. The minimum atomic E-state index is -4.61. The first-order valence-corrected chi connectivity index (χ1v) is 7.20. The number of amides is 1. The molecule has 8 heteroatoms. The molecule has 0 radical (unpaired) electrons. The van der Waals surface area contributed by atoms with E-state index in [4.69, 9.17) is 0 Å². The van der Waals surface area contributed by atoms with Crippen molar-refractivity contribution in [1.29, 1.82) is 0 Å². The largest absolute Gasteiger partial charge is 0.471 e. The van der Waals surface area contributed by atoms with Crippen LogP contribution in [0.1, 0.15) is 37.4 Å². The molecule has 0 aliphatic heterocycles. The van der Waals surface area contributed by atoms with Crippen molar-refractivity contribution in [1.82, 2.24) is 10.1 Å². The number of aryl methyl sites for hydroxylation is 1. The predicted octanol–water partition coefficient (Wildman–Crippen LogP) is 3.83. The summed E-state index contributed by atoms with van der Waals surface area (Å²) in [6.45, 7) is 0. The van der Waals surface area contributed by atoms with Crippen LogP contribution < -0.4 is 5.32 Å². The highest BCUT2D eigenvalue weighted by atomic mass is 19.4. The van der Waals surface area contributed by atoms with Gasteiger partial charge in [0, 0.05) is 18.5 Å². The molecule has 1 aromatic carbocycles. The number of rotatable bonds is 7. The number of hydrogen-bond acceptors (Lipinski definition) is 4. The summed E-state index contributed by atoms with van der Waals surface area (Å²) in [5.74, 6) is -1.38. The summed E-state index contributed by atoms with van der Waals surface area (Å²) in [6, 6.07) is 9.11. The Morgan fingerprint density at radius 1 is 1.13 bits per heavy atom. The molecule has 124 valence electrons. The molecular formula is C15H16F3N3O2. The molecule has 5 nitrogen and oxygen atoms in total. The van der Waals surface area contributed by atoms with Crippen molar-refractivity contribution < 1.29 is 22.5 Å². The first-order chi connectivity index (χ1) is 10.9. The van der Waals surface area contributed by atoms with Gasteiger partial charge in [-0.05, 0) is 25.0 Å². The second-order valence-electron chi connectivity index (χ2n) is 4.99. The number of carbonyl (C=O) groups excluding carboxylic acids is 1. The second-order valence-corrected chi connectivity index (χ2v) is 4.99. The van der Waals surface area contributed by atoms with E-state index >= 15 is 0 Å². The fourth-order valence-electron chi connectivity index (χ4n) is 1.96. The summed E-state index contributed by atoms with van der Waals surface area (Å²) in [7, 11) is 0. The number of unbranched alkanes of at least 4 members (excludes halogenated alkanes) is 2. The van der Waals surface area contributed by atoms with Crippen LogP contribution in [0.2, 0.25) is 0 Å². The van der Waals surface area contributed by atoms with Gasteiger partial charge in [0.2, 0.25) is 5.91 Å². The molecule has 1 aromatic heterocycles. The van der Waals surface area contributed by atoms with E-state index in [1.54, 1.807) is 12.1 Å². The summed E-state index contributed by atoms with van der Waals surface area (Å²) in [4.78, 5) is 15.0. The molecule has 0 atom stereocenters. The van der Waals surface area contributed by atoms with E-state index in [1.807, 2.05) is 18.2 Å². The molecular weight excluding hydrogens is 311 g/mol. The number of hydrogen-bond donors (Lipinski definition) is 1. The number of anilines is 1. The highest BCUT2D eigenvalue weighted by molar-refractivity contribution is 5.90. The van der Waals surface area contributed by atoms with Crippen LogP contribution in [-0.4, -0.2) is 16.0 Å². The Labute approximate surface area is 130 Å². The molecule has 0 unspecified atom stereocenters. The fraction of sp³-hybridized carbons (Fsp3) is 0.400. The van der Waals surface area contributed by atoms with Gasteiger partial charge in [0.25, 0.3) is 0 Å². The highest BCUT2D eigenvalue weighted by Crippen LogP contribution is 2.27. The molecule has 0 aliphatic rings. The normalized spacial score (nSPS) is 11.4. The van der Waals surface area contributed by atoms with Crippen molar-refractivity contribution in [3.63, 3.8) is 0 Å². The minimum Gasteiger partial charge on any atom is -0.329 e. The Morgan fingerprint density at radius 2 is 1.87 bits per heavy atom. The third-order valence-electron chi connectivity index (χ3n) is 3.07. The zero-order valence-corrected chi connectivity index (χ0v) is 12.3. The number of aromatic nitrogens is 2. The van der Waals surface area contributed by atoms with Gasteiger partial charge in [-0.2, -0.15) is 18.2 Å². The average molecular weight is 327 g/mol. The van der Waals surface area contributed by atoms with Crippen LogP contribution in [-0.2, 0) is 17.4 Å². The van der Waals surface area contributed by atoms with Crippen molar-refractivity contribution in [2.24, 2.45) is 0 Å². The maximum Gasteiger partial charge on any atom is 0.471 e. The SMILES string of the molecule is O=C(CCCCCc1noc(C(F)(F)F)n1)Nc1ccccc1. The zero-order valence-electron chi connectivity index (χ0n) is 12.3.